The largest absolute Gasteiger partial charge is 0.493 e. The first-order valence-corrected chi connectivity index (χ1v) is 4.80. The van der Waals surface area contributed by atoms with E-state index in [2.05, 4.69) is 24.9 Å². The molecule has 0 amide bonds. The summed E-state index contributed by atoms with van der Waals surface area (Å²) in [4.78, 5) is 13.9. The fourth-order valence-corrected chi connectivity index (χ4v) is 1.04. The van der Waals surface area contributed by atoms with Crippen molar-refractivity contribution in [3.05, 3.63) is 16.6 Å². The van der Waals surface area contributed by atoms with Crippen LogP contribution < -0.4 is 4.90 Å². The first kappa shape index (κ1) is 15.4. The van der Waals surface area contributed by atoms with Gasteiger partial charge in [-0.2, -0.15) is 13.2 Å². The minimum absolute atomic E-state index is 0.144. The number of rotatable bonds is 3. The molecule has 0 radical (unpaired) electrons. The fraction of sp³-hybridized carbons (Fsp3) is 0.375. The number of hydrogen-bond acceptors (Lipinski definition) is 8. The molecule has 0 unspecified atom stereocenters. The minimum Gasteiger partial charge on any atom is -0.411 e. The van der Waals surface area contributed by atoms with Crippen molar-refractivity contribution in [3.8, 4) is 0 Å². The molecule has 0 saturated carbocycles. The normalized spacial score (nSPS) is 13.4. The summed E-state index contributed by atoms with van der Waals surface area (Å²) in [5.41, 5.74) is -1.33. The lowest BCUT2D eigenvalue weighted by molar-refractivity contribution is -0.803. The van der Waals surface area contributed by atoms with E-state index in [0.717, 1.165) is 6.92 Å². The van der Waals surface area contributed by atoms with E-state index in [1.54, 1.807) is 0 Å². The van der Waals surface area contributed by atoms with Gasteiger partial charge in [-0.25, -0.2) is 4.79 Å². The van der Waals surface area contributed by atoms with Crippen molar-refractivity contribution < 1.29 is 37.5 Å². The van der Waals surface area contributed by atoms with E-state index in [-0.39, 0.29) is 22.0 Å². The average molecular weight is 296 g/mol. The molecule has 0 atom stereocenters. The van der Waals surface area contributed by atoms with E-state index in [1.165, 1.54) is 6.92 Å². The number of carbonyl (C=O) groups is 1. The van der Waals surface area contributed by atoms with Gasteiger partial charge < -0.3 is 15.3 Å². The third-order valence-electron chi connectivity index (χ3n) is 1.95. The third kappa shape index (κ3) is 3.21. The fourth-order valence-electron chi connectivity index (χ4n) is 1.04. The van der Waals surface area contributed by atoms with Crippen LogP contribution in [-0.4, -0.2) is 33.9 Å². The van der Waals surface area contributed by atoms with Crippen LogP contribution in [0.4, 0.5) is 13.2 Å². The molecular weight excluding hydrogens is 289 g/mol. The molecule has 1 aromatic rings. The van der Waals surface area contributed by atoms with E-state index in [1.807, 2.05) is 0 Å². The van der Waals surface area contributed by atoms with Crippen LogP contribution in [0, 0.1) is 5.21 Å². The molecule has 110 valence electrons. The lowest BCUT2D eigenvalue weighted by Crippen LogP contribution is -2.31. The summed E-state index contributed by atoms with van der Waals surface area (Å²) in [6.45, 7) is 2.31. The Morgan fingerprint density at radius 2 is 2.05 bits per heavy atom. The Bertz CT molecular complexity index is 577. The maximum atomic E-state index is 11.9. The Balaban J connectivity index is 3.05. The molecule has 1 N–H and O–H groups in total. The number of alkyl halides is 3. The lowest BCUT2D eigenvalue weighted by Gasteiger charge is -2.01. The maximum Gasteiger partial charge on any atom is 0.493 e. The number of halogens is 3. The second kappa shape index (κ2) is 5.54. The third-order valence-corrected chi connectivity index (χ3v) is 1.95. The Morgan fingerprint density at radius 3 is 2.55 bits per heavy atom. The van der Waals surface area contributed by atoms with Crippen molar-refractivity contribution in [1.29, 1.82) is 0 Å². The predicted octanol–water partition coefficient (Wildman–Crippen LogP) is 0.336. The smallest absolute Gasteiger partial charge is 0.411 e. The van der Waals surface area contributed by atoms with Crippen molar-refractivity contribution in [2.45, 2.75) is 20.0 Å². The van der Waals surface area contributed by atoms with Crippen LogP contribution in [0.25, 0.3) is 0 Å². The first-order chi connectivity index (χ1) is 9.18. The standard InChI is InChI=1S/C8H7F3N4O5/c1-3(13-19-7(16)8(9,10)11)5-6(4(2)12-17)15(18)20-14-5/h17H,1-2H3. The zero-order valence-corrected chi connectivity index (χ0v) is 10.0. The topological polar surface area (TPSA) is 124 Å². The Morgan fingerprint density at radius 1 is 1.45 bits per heavy atom. The van der Waals surface area contributed by atoms with Gasteiger partial charge >= 0.3 is 12.1 Å². The summed E-state index contributed by atoms with van der Waals surface area (Å²) in [6, 6.07) is 0. The SMILES string of the molecule is CC(=NOC(=O)C(F)(F)F)c1no[n+]([O-])c1C(C)=NO. The molecule has 0 aliphatic heterocycles. The summed E-state index contributed by atoms with van der Waals surface area (Å²) in [6.07, 6.45) is -5.21. The average Bonchev–Trinajstić information content (AvgIpc) is 2.75. The van der Waals surface area contributed by atoms with Gasteiger partial charge in [0.1, 0.15) is 11.4 Å². The summed E-state index contributed by atoms with van der Waals surface area (Å²) in [5.74, 6) is -2.54. The first-order valence-electron chi connectivity index (χ1n) is 4.80. The van der Waals surface area contributed by atoms with E-state index < -0.39 is 17.8 Å². The quantitative estimate of drug-likeness (QED) is 0.282. The molecule has 0 saturated heterocycles. The van der Waals surface area contributed by atoms with Gasteiger partial charge in [0.2, 0.25) is 0 Å². The Labute approximate surface area is 108 Å². The van der Waals surface area contributed by atoms with E-state index in [9.17, 15) is 23.2 Å². The predicted molar refractivity (Wildman–Crippen MR) is 53.8 cm³/mol. The van der Waals surface area contributed by atoms with Gasteiger partial charge in [0.15, 0.2) is 0 Å². The van der Waals surface area contributed by atoms with Gasteiger partial charge in [0, 0.05) is 5.16 Å². The highest BCUT2D eigenvalue weighted by Crippen LogP contribution is 2.16. The minimum atomic E-state index is -5.21. The number of aromatic nitrogens is 2. The van der Waals surface area contributed by atoms with Crippen LogP contribution in [-0.2, 0) is 9.63 Å². The molecule has 12 heteroatoms. The highest BCUT2D eigenvalue weighted by molar-refractivity contribution is 6.07. The van der Waals surface area contributed by atoms with Crippen LogP contribution in [0.3, 0.4) is 0 Å². The zero-order valence-electron chi connectivity index (χ0n) is 10.0. The highest BCUT2D eigenvalue weighted by atomic mass is 19.4. The second-order valence-corrected chi connectivity index (χ2v) is 3.37. The number of oxime groups is 2. The van der Waals surface area contributed by atoms with Crippen molar-refractivity contribution in [1.82, 2.24) is 5.16 Å². The lowest BCUT2D eigenvalue weighted by atomic mass is 10.2. The van der Waals surface area contributed by atoms with Crippen molar-refractivity contribution in [2.24, 2.45) is 10.3 Å². The Hall–Kier alpha value is -2.66. The van der Waals surface area contributed by atoms with E-state index in [0.29, 0.717) is 0 Å². The molecule has 1 heterocycles. The number of nitrogens with zero attached hydrogens (tertiary/aromatic N) is 4. The summed E-state index contributed by atoms with van der Waals surface area (Å²) in [5, 5.41) is 28.6. The number of hydrogen-bond donors (Lipinski definition) is 1. The second-order valence-electron chi connectivity index (χ2n) is 3.37. The molecule has 0 aliphatic carbocycles. The highest BCUT2D eigenvalue weighted by Gasteiger charge is 2.42. The molecule has 1 rings (SSSR count). The van der Waals surface area contributed by atoms with Crippen molar-refractivity contribution in [3.63, 3.8) is 0 Å². The van der Waals surface area contributed by atoms with Crippen LogP contribution in [0.2, 0.25) is 0 Å². The van der Waals surface area contributed by atoms with Gasteiger partial charge in [-0.05, 0) is 18.8 Å². The van der Waals surface area contributed by atoms with E-state index in [4.69, 9.17) is 5.21 Å². The zero-order chi connectivity index (χ0) is 15.5. The Kier molecular flexibility index (Phi) is 4.27. The summed E-state index contributed by atoms with van der Waals surface area (Å²) in [7, 11) is 0. The van der Waals surface area contributed by atoms with Crippen molar-refractivity contribution in [2.75, 3.05) is 0 Å². The molecule has 1 aromatic heterocycles. The number of carbonyl (C=O) groups excluding carboxylic acids is 1. The van der Waals surface area contributed by atoms with Crippen LogP contribution in [0.5, 0.6) is 0 Å². The van der Waals surface area contributed by atoms with Crippen LogP contribution in [0.1, 0.15) is 25.2 Å². The molecule has 9 nitrogen and oxygen atoms in total. The molecule has 0 fully saturated rings. The van der Waals surface area contributed by atoms with Gasteiger partial charge in [-0.3, -0.25) is 4.63 Å². The van der Waals surface area contributed by atoms with Gasteiger partial charge in [-0.15, -0.1) is 0 Å². The molecule has 20 heavy (non-hydrogen) atoms. The van der Waals surface area contributed by atoms with Crippen molar-refractivity contribution >= 4 is 17.4 Å². The van der Waals surface area contributed by atoms with E-state index >= 15 is 0 Å². The van der Waals surface area contributed by atoms with Crippen LogP contribution in [0.15, 0.2) is 14.9 Å². The molecule has 0 aromatic carbocycles. The summed E-state index contributed by atoms with van der Waals surface area (Å²) >= 11 is 0. The summed E-state index contributed by atoms with van der Waals surface area (Å²) < 4.78 is 39.8. The molecule has 0 bridgehead atoms. The van der Waals surface area contributed by atoms with Gasteiger partial charge in [0.25, 0.3) is 11.4 Å². The van der Waals surface area contributed by atoms with Gasteiger partial charge in [0.05, 0.1) is 0 Å². The van der Waals surface area contributed by atoms with Crippen LogP contribution >= 0.6 is 0 Å². The molecule has 0 spiro atoms. The molecular formula is C8H7F3N4O5. The molecule has 0 aliphatic rings. The monoisotopic (exact) mass is 296 g/mol. The van der Waals surface area contributed by atoms with Gasteiger partial charge in [-0.1, -0.05) is 10.3 Å². The maximum absolute atomic E-state index is 11.9.